The third-order valence-electron chi connectivity index (χ3n) is 13.8. The molecule has 3 aromatic rings. The topological polar surface area (TPSA) is 208 Å². The van der Waals surface area contributed by atoms with Crippen LogP contribution in [-0.2, 0) is 38.1 Å². The van der Waals surface area contributed by atoms with E-state index in [9.17, 15) is 34.5 Å². The normalized spacial score (nSPS) is 34.6. The van der Waals surface area contributed by atoms with Crippen LogP contribution in [0.1, 0.15) is 79.8 Å². The fourth-order valence-electron chi connectivity index (χ4n) is 10.6. The van der Waals surface area contributed by atoms with E-state index in [0.29, 0.717) is 11.1 Å². The molecule has 0 unspecified atom stereocenters. The molecule has 316 valence electrons. The number of carbonyl (C=O) groups excluding carboxylic acids is 5. The molecule has 60 heavy (non-hydrogen) atoms. The van der Waals surface area contributed by atoms with E-state index in [1.807, 2.05) is 0 Å². The van der Waals surface area contributed by atoms with E-state index < -0.39 is 106 Å². The molecule has 4 N–H and O–H groups in total. The Morgan fingerprint density at radius 3 is 2.00 bits per heavy atom. The Balaban J connectivity index is 1.25. The molecule has 4 fully saturated rings. The van der Waals surface area contributed by atoms with Crippen molar-refractivity contribution in [1.82, 2.24) is 5.32 Å². The number of fused-ring (bicyclic) bond motifs is 6. The van der Waals surface area contributed by atoms with Crippen LogP contribution in [0.2, 0.25) is 0 Å². The van der Waals surface area contributed by atoms with Gasteiger partial charge in [0.1, 0.15) is 23.9 Å². The summed E-state index contributed by atoms with van der Waals surface area (Å²) in [4.78, 5) is 70.4. The first-order valence-corrected chi connectivity index (χ1v) is 20.1. The molecule has 14 nitrogen and oxygen atoms in total. The van der Waals surface area contributed by atoms with Gasteiger partial charge in [-0.05, 0) is 54.8 Å². The minimum absolute atomic E-state index is 0.108. The standard InChI is InChI=1S/C46H49NO13/c1-25-30(58-40(53)34(50)33(27-15-9-6-10-16-27)47-38(51)28-17-11-7-12-18-28)22-46(55)37(59-39(52)29-19-13-8-14-20-29)36-43(5,41(54)45(24-57-45)35(25)42(46,3)4)31(49)21-32-44(36,23-56-32)60-26(2)48/h6-20,30-34,36-37,49-50,55H,21-24H2,1-5H3,(H,47,51)/t30-,31-,32+,33-,34+,36-,37-,43+,44-,45-,46+/m0/s1. The first-order valence-electron chi connectivity index (χ1n) is 20.1. The van der Waals surface area contributed by atoms with Gasteiger partial charge in [-0.1, -0.05) is 80.6 Å². The van der Waals surface area contributed by atoms with E-state index >= 15 is 4.79 Å². The predicted molar refractivity (Wildman–Crippen MR) is 211 cm³/mol. The number of ketones is 1. The Morgan fingerprint density at radius 1 is 0.867 bits per heavy atom. The van der Waals surface area contributed by atoms with Gasteiger partial charge in [0, 0.05) is 30.7 Å². The number of epoxide rings is 1. The van der Waals surface area contributed by atoms with Crippen molar-refractivity contribution in [3.05, 3.63) is 119 Å². The summed E-state index contributed by atoms with van der Waals surface area (Å²) in [6.45, 7) is 7.34. The molecule has 0 aromatic heterocycles. The van der Waals surface area contributed by atoms with E-state index in [1.165, 1.54) is 26.0 Å². The van der Waals surface area contributed by atoms with E-state index in [-0.39, 0.29) is 36.3 Å². The molecule has 3 aliphatic carbocycles. The second-order valence-electron chi connectivity index (χ2n) is 17.4. The van der Waals surface area contributed by atoms with Gasteiger partial charge in [0.15, 0.2) is 23.1 Å². The smallest absolute Gasteiger partial charge is 0.338 e. The van der Waals surface area contributed by atoms with E-state index in [1.54, 1.807) is 99.6 Å². The van der Waals surface area contributed by atoms with Gasteiger partial charge in [-0.15, -0.1) is 0 Å². The van der Waals surface area contributed by atoms with Crippen LogP contribution in [0.5, 0.6) is 0 Å². The summed E-state index contributed by atoms with van der Waals surface area (Å²) in [5, 5.41) is 40.2. The van der Waals surface area contributed by atoms with Gasteiger partial charge in [0.25, 0.3) is 5.91 Å². The van der Waals surface area contributed by atoms with Gasteiger partial charge in [-0.2, -0.15) is 0 Å². The predicted octanol–water partition coefficient (Wildman–Crippen LogP) is 3.57. The van der Waals surface area contributed by atoms with Crippen molar-refractivity contribution < 1.29 is 63.0 Å². The highest BCUT2D eigenvalue weighted by atomic mass is 16.6. The second kappa shape index (κ2) is 14.7. The molecule has 1 amide bonds. The molecule has 2 aliphatic heterocycles. The Bertz CT molecular complexity index is 2240. The quantitative estimate of drug-likeness (QED) is 0.106. The molecule has 14 heteroatoms. The summed E-state index contributed by atoms with van der Waals surface area (Å²) in [5.41, 5.74) is -7.56. The Hall–Kier alpha value is -5.25. The monoisotopic (exact) mass is 823 g/mol. The summed E-state index contributed by atoms with van der Waals surface area (Å²) >= 11 is 0. The molecular weight excluding hydrogens is 774 g/mol. The van der Waals surface area contributed by atoms with Crippen molar-refractivity contribution in [1.29, 1.82) is 0 Å². The number of esters is 3. The molecule has 5 aliphatic rings. The molecule has 2 bridgehead atoms. The SMILES string of the molecule is CC(=O)O[C@@]12CO[C@@H]1C[C@H](O)[C@@]1(C)C(=O)[C@]3(CO3)C3=C(C)[C@@H](OC(=O)[C@H](O)[C@@H](NC(=O)c4ccccc4)c4ccccc4)C[C@@](O)([C@@H](OC(=O)c4ccccc4)[C@H]21)C3(C)C. The number of carbonyl (C=O) groups is 5. The Morgan fingerprint density at radius 2 is 1.45 bits per heavy atom. The number of benzene rings is 3. The first-order chi connectivity index (χ1) is 28.4. The molecule has 3 aromatic carbocycles. The van der Waals surface area contributed by atoms with E-state index in [4.69, 9.17) is 23.7 Å². The lowest BCUT2D eigenvalue weighted by atomic mass is 9.43. The Kier molecular flexibility index (Phi) is 10.2. The lowest BCUT2D eigenvalue weighted by Crippen LogP contribution is -2.82. The zero-order valence-electron chi connectivity index (χ0n) is 34.0. The summed E-state index contributed by atoms with van der Waals surface area (Å²) in [7, 11) is 0. The van der Waals surface area contributed by atoms with Crippen LogP contribution in [0, 0.1) is 16.7 Å². The fraction of sp³-hybridized carbons (Fsp3) is 0.457. The highest BCUT2D eigenvalue weighted by Crippen LogP contribution is 2.68. The summed E-state index contributed by atoms with van der Waals surface area (Å²) in [6.07, 6.45) is -7.97. The number of nitrogens with one attached hydrogen (secondary N) is 1. The van der Waals surface area contributed by atoms with E-state index in [2.05, 4.69) is 5.32 Å². The molecule has 2 saturated heterocycles. The number of hydrogen-bond acceptors (Lipinski definition) is 13. The van der Waals surface area contributed by atoms with Gasteiger partial charge >= 0.3 is 17.9 Å². The van der Waals surface area contributed by atoms with Crippen LogP contribution in [0.25, 0.3) is 0 Å². The van der Waals surface area contributed by atoms with Crippen LogP contribution >= 0.6 is 0 Å². The van der Waals surface area contributed by atoms with Gasteiger partial charge in [-0.3, -0.25) is 14.4 Å². The van der Waals surface area contributed by atoms with Crippen molar-refractivity contribution in [3.63, 3.8) is 0 Å². The third-order valence-corrected chi connectivity index (χ3v) is 13.8. The number of aliphatic hydroxyl groups is 3. The molecule has 1 spiro atoms. The first kappa shape index (κ1) is 41.5. The molecule has 8 rings (SSSR count). The van der Waals surface area contributed by atoms with E-state index in [0.717, 1.165) is 0 Å². The number of aliphatic hydroxyl groups excluding tert-OH is 2. The number of rotatable bonds is 9. The van der Waals surface area contributed by atoms with Crippen LogP contribution < -0.4 is 5.32 Å². The number of amides is 1. The number of ether oxygens (including phenoxy) is 5. The maximum Gasteiger partial charge on any atom is 0.338 e. The summed E-state index contributed by atoms with van der Waals surface area (Å²) in [6, 6.07) is 23.4. The Labute approximate surface area is 346 Å². The molecule has 11 atom stereocenters. The summed E-state index contributed by atoms with van der Waals surface area (Å²) < 4.78 is 30.7. The van der Waals surface area contributed by atoms with Crippen LogP contribution in [0.4, 0.5) is 0 Å². The highest BCUT2D eigenvalue weighted by molar-refractivity contribution is 6.00. The third kappa shape index (κ3) is 6.22. The zero-order valence-corrected chi connectivity index (χ0v) is 34.0. The van der Waals surface area contributed by atoms with Crippen molar-refractivity contribution in [2.24, 2.45) is 16.7 Å². The second-order valence-corrected chi connectivity index (χ2v) is 17.4. The van der Waals surface area contributed by atoms with Crippen molar-refractivity contribution in [2.45, 2.75) is 101 Å². The maximum atomic E-state index is 15.5. The van der Waals surface area contributed by atoms with Crippen LogP contribution in [0.3, 0.4) is 0 Å². The average Bonchev–Trinajstić information content (AvgIpc) is 4.03. The zero-order chi connectivity index (χ0) is 43.0. The van der Waals surface area contributed by atoms with Crippen molar-refractivity contribution >= 4 is 29.6 Å². The maximum absolute atomic E-state index is 15.5. The average molecular weight is 824 g/mol. The fourth-order valence-corrected chi connectivity index (χ4v) is 10.6. The van der Waals surface area contributed by atoms with Crippen LogP contribution in [-0.4, -0.2) is 105 Å². The van der Waals surface area contributed by atoms with Gasteiger partial charge < -0.3 is 44.3 Å². The van der Waals surface area contributed by atoms with Gasteiger partial charge in [-0.25, -0.2) is 9.59 Å². The molecule has 2 saturated carbocycles. The molecule has 0 radical (unpaired) electrons. The van der Waals surface area contributed by atoms with Gasteiger partial charge in [0.05, 0.1) is 42.3 Å². The number of Topliss-reactive ketones (excluding diaryl/α,β-unsaturated/α-hetero) is 1. The summed E-state index contributed by atoms with van der Waals surface area (Å²) in [5.74, 6) is -5.31. The highest BCUT2D eigenvalue weighted by Gasteiger charge is 2.82. The lowest BCUT2D eigenvalue weighted by Gasteiger charge is -2.67. The van der Waals surface area contributed by atoms with Crippen LogP contribution in [0.15, 0.2) is 102 Å². The minimum atomic E-state index is -2.25. The molecular formula is C46H49NO13. The minimum Gasteiger partial charge on any atom is -0.456 e. The largest absolute Gasteiger partial charge is 0.456 e. The van der Waals surface area contributed by atoms with Crippen molar-refractivity contribution in [3.8, 4) is 0 Å². The lowest BCUT2D eigenvalue weighted by molar-refractivity contribution is -0.345. The molecule has 2 heterocycles. The van der Waals surface area contributed by atoms with Crippen molar-refractivity contribution in [2.75, 3.05) is 13.2 Å². The van der Waals surface area contributed by atoms with Gasteiger partial charge in [0.2, 0.25) is 0 Å². The number of hydrogen-bond donors (Lipinski definition) is 4.